The maximum absolute atomic E-state index is 5.56. The van der Waals surface area contributed by atoms with Gasteiger partial charge in [-0.2, -0.15) is 0 Å². The normalized spacial score (nSPS) is 22.8. The van der Waals surface area contributed by atoms with Crippen LogP contribution >= 0.6 is 12.6 Å². The molecule has 0 saturated heterocycles. The summed E-state index contributed by atoms with van der Waals surface area (Å²) in [7, 11) is 0. The number of hydrogen-bond acceptors (Lipinski definition) is 2. The molecule has 1 nitrogen and oxygen atoms in total. The van der Waals surface area contributed by atoms with Crippen LogP contribution in [0.4, 0.5) is 0 Å². The van der Waals surface area contributed by atoms with Gasteiger partial charge in [-0.15, -0.1) is 12.6 Å². The van der Waals surface area contributed by atoms with E-state index < -0.39 is 0 Å². The Kier molecular flexibility index (Phi) is 4.88. The third-order valence-electron chi connectivity index (χ3n) is 3.31. The van der Waals surface area contributed by atoms with Crippen molar-refractivity contribution < 1.29 is 0 Å². The maximum atomic E-state index is 5.56. The van der Waals surface area contributed by atoms with Gasteiger partial charge in [-0.3, -0.25) is 0 Å². The molecule has 0 radical (unpaired) electrons. The van der Waals surface area contributed by atoms with Crippen molar-refractivity contribution in [2.24, 2.45) is 11.7 Å². The molecule has 16 heavy (non-hydrogen) atoms. The fourth-order valence-corrected chi connectivity index (χ4v) is 2.21. The molecular weight excluding hydrogens is 214 g/mol. The average Bonchev–Trinajstić information content (AvgIpc) is 2.92. The van der Waals surface area contributed by atoms with Gasteiger partial charge in [0, 0.05) is 5.92 Å². The summed E-state index contributed by atoms with van der Waals surface area (Å²) in [5.41, 5.74) is 11.2. The molecule has 1 fully saturated rings. The second-order valence-electron chi connectivity index (χ2n) is 4.71. The summed E-state index contributed by atoms with van der Waals surface area (Å²) in [5, 5.41) is 0. The smallest absolute Gasteiger partial charge is 0.00854 e. The molecule has 1 rings (SSSR count). The Hall–Kier alpha value is -0.470. The van der Waals surface area contributed by atoms with E-state index in [1.807, 2.05) is 0 Å². The van der Waals surface area contributed by atoms with Crippen LogP contribution < -0.4 is 5.73 Å². The summed E-state index contributed by atoms with van der Waals surface area (Å²) in [4.78, 5) is 1.11. The fraction of sp³-hybridized carbons (Fsp3) is 0.571. The topological polar surface area (TPSA) is 26.0 Å². The average molecular weight is 237 g/mol. The summed E-state index contributed by atoms with van der Waals surface area (Å²) in [6, 6.07) is 0. The molecule has 1 saturated carbocycles. The minimum absolute atomic E-state index is 0.583. The highest BCUT2D eigenvalue weighted by molar-refractivity contribution is 7.84. The van der Waals surface area contributed by atoms with Gasteiger partial charge in [-0.25, -0.2) is 0 Å². The minimum Gasteiger partial charge on any atom is -0.330 e. The molecule has 90 valence electrons. The molecule has 0 spiro atoms. The Morgan fingerprint density at radius 2 is 2.00 bits per heavy atom. The fourth-order valence-electron chi connectivity index (χ4n) is 2.09. The molecule has 2 heteroatoms. The molecule has 1 unspecified atom stereocenters. The lowest BCUT2D eigenvalue weighted by molar-refractivity contribution is 0.805. The quantitative estimate of drug-likeness (QED) is 0.424. The molecule has 0 aromatic heterocycles. The summed E-state index contributed by atoms with van der Waals surface area (Å²) in [6.07, 6.45) is 3.30. The minimum atomic E-state index is 0.583. The van der Waals surface area contributed by atoms with E-state index in [1.54, 1.807) is 0 Å². The van der Waals surface area contributed by atoms with E-state index >= 15 is 0 Å². The lowest BCUT2D eigenvalue weighted by Gasteiger charge is -2.13. The van der Waals surface area contributed by atoms with Crippen LogP contribution in [0.2, 0.25) is 0 Å². The molecular formula is C14H23NS. The van der Waals surface area contributed by atoms with Crippen molar-refractivity contribution >= 4 is 12.6 Å². The Balaban J connectivity index is 2.95. The molecule has 1 atom stereocenters. The van der Waals surface area contributed by atoms with E-state index in [2.05, 4.69) is 40.0 Å². The molecule has 0 aliphatic heterocycles. The number of allylic oxidation sites excluding steroid dienone is 5. The zero-order chi connectivity index (χ0) is 12.3. The van der Waals surface area contributed by atoms with Crippen molar-refractivity contribution in [3.8, 4) is 0 Å². The molecule has 1 aliphatic carbocycles. The van der Waals surface area contributed by atoms with Crippen molar-refractivity contribution in [1.82, 2.24) is 0 Å². The van der Waals surface area contributed by atoms with Gasteiger partial charge in [0.25, 0.3) is 0 Å². The number of nitrogens with two attached hydrogens (primary N) is 1. The van der Waals surface area contributed by atoms with Crippen LogP contribution in [0.15, 0.2) is 33.8 Å². The van der Waals surface area contributed by atoms with Crippen molar-refractivity contribution in [2.75, 3.05) is 6.54 Å². The van der Waals surface area contributed by atoms with E-state index in [0.29, 0.717) is 5.92 Å². The highest BCUT2D eigenvalue weighted by Crippen LogP contribution is 2.47. The second kappa shape index (κ2) is 5.74. The highest BCUT2D eigenvalue weighted by atomic mass is 32.1. The van der Waals surface area contributed by atoms with Gasteiger partial charge in [0.2, 0.25) is 0 Å². The van der Waals surface area contributed by atoms with E-state index in [9.17, 15) is 0 Å². The first-order valence-corrected chi connectivity index (χ1v) is 6.38. The number of hydrogen-bond donors (Lipinski definition) is 2. The number of thiol groups is 1. The summed E-state index contributed by atoms with van der Waals surface area (Å²) in [6.45, 7) is 11.3. The van der Waals surface area contributed by atoms with Gasteiger partial charge in [0.05, 0.1) is 0 Å². The van der Waals surface area contributed by atoms with Crippen LogP contribution in [0, 0.1) is 5.92 Å². The zero-order valence-electron chi connectivity index (χ0n) is 10.6. The molecule has 1 aliphatic rings. The summed E-state index contributed by atoms with van der Waals surface area (Å²) >= 11 is 4.46. The lowest BCUT2D eigenvalue weighted by atomic mass is 9.94. The van der Waals surface area contributed by atoms with E-state index in [-0.39, 0.29) is 0 Å². The largest absolute Gasteiger partial charge is 0.330 e. The van der Waals surface area contributed by atoms with E-state index in [4.69, 9.17) is 5.73 Å². The van der Waals surface area contributed by atoms with E-state index in [1.165, 1.54) is 22.3 Å². The Morgan fingerprint density at radius 1 is 1.44 bits per heavy atom. The number of rotatable bonds is 5. The van der Waals surface area contributed by atoms with Crippen LogP contribution in [0.25, 0.3) is 0 Å². The predicted molar refractivity (Wildman–Crippen MR) is 75.6 cm³/mol. The first-order valence-electron chi connectivity index (χ1n) is 5.93. The van der Waals surface area contributed by atoms with Gasteiger partial charge in [-0.05, 0) is 62.6 Å². The summed E-state index contributed by atoms with van der Waals surface area (Å²) < 4.78 is 0. The Morgan fingerprint density at radius 3 is 2.38 bits per heavy atom. The van der Waals surface area contributed by atoms with E-state index in [0.717, 1.165) is 30.7 Å². The van der Waals surface area contributed by atoms with Crippen LogP contribution in [-0.2, 0) is 0 Å². The van der Waals surface area contributed by atoms with Gasteiger partial charge in [0.1, 0.15) is 0 Å². The van der Waals surface area contributed by atoms with Crippen molar-refractivity contribution in [3.05, 3.63) is 33.8 Å². The maximum Gasteiger partial charge on any atom is 0.00854 e. The van der Waals surface area contributed by atoms with Crippen molar-refractivity contribution in [2.45, 2.75) is 40.0 Å². The first-order chi connectivity index (χ1) is 7.49. The van der Waals surface area contributed by atoms with Crippen molar-refractivity contribution in [3.63, 3.8) is 0 Å². The standard InChI is InChI=1S/C14H23NS/c1-9(6-5-7-15)14(11(3)12(4)16)13-8-10(13)2/h13,16H,2,5-8,15H2,1,3-4H3/b12-11-,14-9-. The predicted octanol–water partition coefficient (Wildman–Crippen LogP) is 3.84. The molecule has 0 amide bonds. The molecule has 0 aromatic carbocycles. The van der Waals surface area contributed by atoms with Gasteiger partial charge >= 0.3 is 0 Å². The van der Waals surface area contributed by atoms with Crippen LogP contribution in [0.1, 0.15) is 40.0 Å². The van der Waals surface area contributed by atoms with Gasteiger partial charge in [-0.1, -0.05) is 17.7 Å². The SMILES string of the molecule is C=C1CC1C(/C(C)=C(/C)S)=C(/C)CCCN. The molecule has 0 bridgehead atoms. The monoisotopic (exact) mass is 237 g/mol. The first kappa shape index (κ1) is 13.6. The highest BCUT2D eigenvalue weighted by Gasteiger charge is 2.33. The lowest BCUT2D eigenvalue weighted by Crippen LogP contribution is -2.01. The third-order valence-corrected chi connectivity index (χ3v) is 3.65. The van der Waals surface area contributed by atoms with Gasteiger partial charge < -0.3 is 5.73 Å². The third kappa shape index (κ3) is 3.26. The van der Waals surface area contributed by atoms with Crippen LogP contribution in [0.5, 0.6) is 0 Å². The van der Waals surface area contributed by atoms with Crippen molar-refractivity contribution in [1.29, 1.82) is 0 Å². The molecule has 0 heterocycles. The van der Waals surface area contributed by atoms with Crippen LogP contribution in [0.3, 0.4) is 0 Å². The molecule has 2 N–H and O–H groups in total. The van der Waals surface area contributed by atoms with Crippen LogP contribution in [-0.4, -0.2) is 6.54 Å². The Bertz CT molecular complexity index is 346. The summed E-state index contributed by atoms with van der Waals surface area (Å²) in [5.74, 6) is 0.583. The Labute approximate surface area is 105 Å². The van der Waals surface area contributed by atoms with Gasteiger partial charge in [0.15, 0.2) is 0 Å². The molecule has 0 aromatic rings. The second-order valence-corrected chi connectivity index (χ2v) is 5.38. The zero-order valence-corrected chi connectivity index (χ0v) is 11.5.